The molecular weight excluding hydrogens is 370 g/mol. The Hall–Kier alpha value is -3.42. The van der Waals surface area contributed by atoms with Gasteiger partial charge in [0, 0.05) is 25.0 Å². The summed E-state index contributed by atoms with van der Waals surface area (Å²) < 4.78 is 5.24. The maximum Gasteiger partial charge on any atom is 0.321 e. The van der Waals surface area contributed by atoms with Gasteiger partial charge in [0.15, 0.2) is 0 Å². The van der Waals surface area contributed by atoms with Gasteiger partial charge < -0.3 is 15.2 Å². The summed E-state index contributed by atoms with van der Waals surface area (Å²) in [6, 6.07) is 9.05. The molecule has 2 aromatic heterocycles. The Morgan fingerprint density at radius 1 is 1.28 bits per heavy atom. The van der Waals surface area contributed by atoms with E-state index in [2.05, 4.69) is 20.8 Å². The third kappa shape index (κ3) is 3.65. The van der Waals surface area contributed by atoms with E-state index in [1.165, 1.54) is 6.20 Å². The minimum atomic E-state index is -0.240. The number of carbonyl (C=O) groups excluding carboxylic acids is 2. The van der Waals surface area contributed by atoms with Gasteiger partial charge in [0.25, 0.3) is 11.6 Å². The molecule has 1 aliphatic rings. The summed E-state index contributed by atoms with van der Waals surface area (Å²) in [6.45, 7) is 7.20. The summed E-state index contributed by atoms with van der Waals surface area (Å²) in [5, 5.41) is 10.6. The van der Waals surface area contributed by atoms with Crippen molar-refractivity contribution in [1.29, 1.82) is 0 Å². The van der Waals surface area contributed by atoms with Crippen molar-refractivity contribution in [2.24, 2.45) is 0 Å². The second-order valence-electron chi connectivity index (χ2n) is 7.47. The van der Waals surface area contributed by atoms with E-state index in [4.69, 9.17) is 4.52 Å². The fraction of sp³-hybridized carbons (Fsp3) is 0.333. The van der Waals surface area contributed by atoms with Crippen molar-refractivity contribution < 1.29 is 14.1 Å². The van der Waals surface area contributed by atoms with Crippen molar-refractivity contribution >= 4 is 28.7 Å². The van der Waals surface area contributed by atoms with Crippen LogP contribution in [-0.2, 0) is 0 Å². The van der Waals surface area contributed by atoms with Gasteiger partial charge in [0.05, 0.1) is 22.7 Å². The first kappa shape index (κ1) is 18.9. The number of rotatable bonds is 5. The largest absolute Gasteiger partial charge is 0.345 e. The summed E-state index contributed by atoms with van der Waals surface area (Å²) in [5.74, 6) is -0.0621. The normalized spacial score (nSPS) is 15.0. The molecule has 1 fully saturated rings. The zero-order valence-corrected chi connectivity index (χ0v) is 16.6. The molecule has 8 nitrogen and oxygen atoms in total. The number of hydrogen-bond acceptors (Lipinski definition) is 5. The number of urea groups is 1. The van der Waals surface area contributed by atoms with Crippen LogP contribution >= 0.6 is 0 Å². The minimum Gasteiger partial charge on any atom is -0.345 e. The number of amides is 3. The van der Waals surface area contributed by atoms with Crippen molar-refractivity contribution in [1.82, 2.24) is 20.8 Å². The molecule has 3 heterocycles. The SMILES string of the molecule is CC(C)c1noc2ncc(C(=O)NC(C)c3cccc(N4CCNC4=O)c3)cc12. The third-order valence-corrected chi connectivity index (χ3v) is 5.05. The quantitative estimate of drug-likeness (QED) is 0.692. The van der Waals surface area contributed by atoms with Crippen LogP contribution in [-0.4, -0.2) is 35.2 Å². The minimum absolute atomic E-state index is 0.104. The smallest absolute Gasteiger partial charge is 0.321 e. The lowest BCUT2D eigenvalue weighted by atomic mass is 10.1. The summed E-state index contributed by atoms with van der Waals surface area (Å²) in [4.78, 5) is 30.6. The van der Waals surface area contributed by atoms with Crippen LogP contribution in [0.4, 0.5) is 10.5 Å². The van der Waals surface area contributed by atoms with Crippen LogP contribution in [0.1, 0.15) is 54.3 Å². The molecule has 8 heteroatoms. The highest BCUT2D eigenvalue weighted by Crippen LogP contribution is 2.25. The van der Waals surface area contributed by atoms with Gasteiger partial charge in [-0.05, 0) is 36.6 Å². The number of aromatic nitrogens is 2. The predicted molar refractivity (Wildman–Crippen MR) is 109 cm³/mol. The third-order valence-electron chi connectivity index (χ3n) is 5.05. The monoisotopic (exact) mass is 393 g/mol. The average molecular weight is 393 g/mol. The van der Waals surface area contributed by atoms with Gasteiger partial charge in [-0.3, -0.25) is 9.69 Å². The van der Waals surface area contributed by atoms with Crippen LogP contribution in [0.2, 0.25) is 0 Å². The second kappa shape index (κ2) is 7.54. The standard InChI is InChI=1S/C21H23N5O3/c1-12(2)18-17-10-15(11-23-20(17)29-25-18)19(27)24-13(3)14-5-4-6-16(9-14)26-8-7-22-21(26)28/h4-6,9-13H,7-8H2,1-3H3,(H,22,28)(H,24,27). The molecule has 1 unspecified atom stereocenters. The van der Waals surface area contributed by atoms with Gasteiger partial charge in [0.1, 0.15) is 0 Å². The lowest BCUT2D eigenvalue weighted by Gasteiger charge is -2.19. The molecule has 0 spiro atoms. The van der Waals surface area contributed by atoms with E-state index in [1.807, 2.05) is 45.0 Å². The van der Waals surface area contributed by atoms with Gasteiger partial charge in [-0.2, -0.15) is 0 Å². The Morgan fingerprint density at radius 3 is 2.83 bits per heavy atom. The molecule has 1 atom stereocenters. The Bertz CT molecular complexity index is 1080. The van der Waals surface area contributed by atoms with Gasteiger partial charge >= 0.3 is 6.03 Å². The Morgan fingerprint density at radius 2 is 2.10 bits per heavy atom. The van der Waals surface area contributed by atoms with Crippen molar-refractivity contribution in [2.45, 2.75) is 32.7 Å². The maximum atomic E-state index is 12.8. The molecule has 29 heavy (non-hydrogen) atoms. The molecule has 1 aliphatic heterocycles. The molecule has 3 amide bonds. The molecule has 4 rings (SSSR count). The molecule has 2 N–H and O–H groups in total. The number of nitrogens with one attached hydrogen (secondary N) is 2. The van der Waals surface area contributed by atoms with E-state index in [0.29, 0.717) is 24.4 Å². The number of anilines is 1. The van der Waals surface area contributed by atoms with Crippen LogP contribution < -0.4 is 15.5 Å². The number of carbonyl (C=O) groups is 2. The van der Waals surface area contributed by atoms with E-state index in [9.17, 15) is 9.59 Å². The van der Waals surface area contributed by atoms with E-state index in [0.717, 1.165) is 22.3 Å². The van der Waals surface area contributed by atoms with Crippen molar-refractivity contribution in [3.63, 3.8) is 0 Å². The summed E-state index contributed by atoms with van der Waals surface area (Å²) in [5.41, 5.74) is 3.39. The van der Waals surface area contributed by atoms with Gasteiger partial charge in [-0.25, -0.2) is 9.78 Å². The first-order valence-electron chi connectivity index (χ1n) is 9.65. The second-order valence-corrected chi connectivity index (χ2v) is 7.47. The Balaban J connectivity index is 1.53. The van der Waals surface area contributed by atoms with E-state index in [1.54, 1.807) is 11.0 Å². The molecule has 150 valence electrons. The summed E-state index contributed by atoms with van der Waals surface area (Å²) in [7, 11) is 0. The fourth-order valence-corrected chi connectivity index (χ4v) is 3.43. The van der Waals surface area contributed by atoms with Crippen LogP contribution in [0.3, 0.4) is 0 Å². The summed E-state index contributed by atoms with van der Waals surface area (Å²) >= 11 is 0. The average Bonchev–Trinajstić information content (AvgIpc) is 3.33. The Labute approximate surface area is 168 Å². The zero-order chi connectivity index (χ0) is 20.5. The van der Waals surface area contributed by atoms with Crippen LogP contribution in [0.5, 0.6) is 0 Å². The molecular formula is C21H23N5O3. The fourth-order valence-electron chi connectivity index (χ4n) is 3.43. The van der Waals surface area contributed by atoms with E-state index in [-0.39, 0.29) is 23.9 Å². The molecule has 1 saturated heterocycles. The topological polar surface area (TPSA) is 100 Å². The zero-order valence-electron chi connectivity index (χ0n) is 16.6. The van der Waals surface area contributed by atoms with E-state index < -0.39 is 0 Å². The first-order chi connectivity index (χ1) is 13.9. The van der Waals surface area contributed by atoms with Crippen LogP contribution in [0, 0.1) is 0 Å². The lowest BCUT2D eigenvalue weighted by Crippen LogP contribution is -2.29. The van der Waals surface area contributed by atoms with Gasteiger partial charge in [-0.15, -0.1) is 0 Å². The number of nitrogens with zero attached hydrogens (tertiary/aromatic N) is 3. The van der Waals surface area contributed by atoms with E-state index >= 15 is 0 Å². The molecule has 0 bridgehead atoms. The first-order valence-corrected chi connectivity index (χ1v) is 9.65. The number of hydrogen-bond donors (Lipinski definition) is 2. The highest BCUT2D eigenvalue weighted by molar-refractivity contribution is 5.97. The Kier molecular flexibility index (Phi) is 4.92. The van der Waals surface area contributed by atoms with Crippen molar-refractivity contribution in [3.8, 4) is 0 Å². The maximum absolute atomic E-state index is 12.8. The molecule has 0 aliphatic carbocycles. The molecule has 0 saturated carbocycles. The highest BCUT2D eigenvalue weighted by atomic mass is 16.5. The lowest BCUT2D eigenvalue weighted by molar-refractivity contribution is 0.0939. The van der Waals surface area contributed by atoms with Crippen LogP contribution in [0.25, 0.3) is 11.1 Å². The van der Waals surface area contributed by atoms with Crippen LogP contribution in [0.15, 0.2) is 41.1 Å². The number of benzene rings is 1. The predicted octanol–water partition coefficient (Wildman–Crippen LogP) is 3.37. The number of pyridine rings is 1. The molecule has 3 aromatic rings. The number of fused-ring (bicyclic) bond motifs is 1. The van der Waals surface area contributed by atoms with Crippen molar-refractivity contribution in [3.05, 3.63) is 53.3 Å². The summed E-state index contributed by atoms with van der Waals surface area (Å²) in [6.07, 6.45) is 1.49. The van der Waals surface area contributed by atoms with Gasteiger partial charge in [-0.1, -0.05) is 31.1 Å². The molecule has 1 aromatic carbocycles. The van der Waals surface area contributed by atoms with Gasteiger partial charge in [0.2, 0.25) is 0 Å². The van der Waals surface area contributed by atoms with Crippen molar-refractivity contribution in [2.75, 3.05) is 18.0 Å². The highest BCUT2D eigenvalue weighted by Gasteiger charge is 2.22. The molecule has 0 radical (unpaired) electrons.